The van der Waals surface area contributed by atoms with E-state index in [2.05, 4.69) is 15.3 Å². The van der Waals surface area contributed by atoms with Gasteiger partial charge in [0.25, 0.3) is 0 Å². The van der Waals surface area contributed by atoms with E-state index in [1.165, 1.54) is 17.7 Å². The first-order chi connectivity index (χ1) is 7.88. The Morgan fingerprint density at radius 2 is 2.25 bits per heavy atom. The summed E-state index contributed by atoms with van der Waals surface area (Å²) in [7, 11) is 1.90. The Kier molecular flexibility index (Phi) is 2.13. The molecule has 1 aliphatic rings. The van der Waals surface area contributed by atoms with Crippen LogP contribution in [0, 0.1) is 0 Å². The molecule has 3 rings (SSSR count). The molecular weight excluding hydrogens is 202 g/mol. The minimum absolute atomic E-state index is 0.749. The third kappa shape index (κ3) is 1.38. The van der Waals surface area contributed by atoms with Gasteiger partial charge in [0.05, 0.1) is 11.8 Å². The minimum atomic E-state index is 0.749. The molecule has 0 amide bonds. The number of hydrogen-bond donors (Lipinski definition) is 1. The Morgan fingerprint density at radius 3 is 3.00 bits per heavy atom. The van der Waals surface area contributed by atoms with Gasteiger partial charge in [-0.3, -0.25) is 0 Å². The van der Waals surface area contributed by atoms with Gasteiger partial charge in [0, 0.05) is 18.3 Å². The van der Waals surface area contributed by atoms with Gasteiger partial charge in [-0.2, -0.15) is 0 Å². The van der Waals surface area contributed by atoms with Gasteiger partial charge in [-0.05, 0) is 25.3 Å². The Hall–Kier alpha value is -1.84. The van der Waals surface area contributed by atoms with Crippen molar-refractivity contribution >= 4 is 5.82 Å². The zero-order valence-electron chi connectivity index (χ0n) is 9.16. The molecule has 4 heteroatoms. The fraction of sp³-hybridized carbons (Fsp3) is 0.333. The van der Waals surface area contributed by atoms with Gasteiger partial charge in [-0.15, -0.1) is 0 Å². The highest BCUT2D eigenvalue weighted by atomic mass is 16.3. The average Bonchev–Trinajstić information content (AvgIpc) is 2.97. The number of anilines is 1. The summed E-state index contributed by atoms with van der Waals surface area (Å²) in [5.74, 6) is 1.71. The van der Waals surface area contributed by atoms with Crippen molar-refractivity contribution in [2.24, 2.45) is 0 Å². The lowest BCUT2D eigenvalue weighted by Crippen LogP contribution is -2.02. The molecule has 0 unspecified atom stereocenters. The van der Waals surface area contributed by atoms with Crippen molar-refractivity contribution in [3.63, 3.8) is 0 Å². The van der Waals surface area contributed by atoms with Gasteiger partial charge in [-0.25, -0.2) is 9.97 Å². The van der Waals surface area contributed by atoms with Crippen LogP contribution in [0.5, 0.6) is 0 Å². The first kappa shape index (κ1) is 9.39. The smallest absolute Gasteiger partial charge is 0.165 e. The Morgan fingerprint density at radius 1 is 1.31 bits per heavy atom. The van der Waals surface area contributed by atoms with E-state index in [1.54, 1.807) is 12.5 Å². The quantitative estimate of drug-likeness (QED) is 0.834. The van der Waals surface area contributed by atoms with Gasteiger partial charge in [0.2, 0.25) is 0 Å². The summed E-state index contributed by atoms with van der Waals surface area (Å²) in [4.78, 5) is 9.12. The van der Waals surface area contributed by atoms with Crippen LogP contribution in [0.15, 0.2) is 23.0 Å². The molecular formula is C12H13N3O. The highest BCUT2D eigenvalue weighted by Gasteiger charge is 2.19. The van der Waals surface area contributed by atoms with E-state index in [0.29, 0.717) is 0 Å². The summed E-state index contributed by atoms with van der Waals surface area (Å²) < 4.78 is 5.06. The van der Waals surface area contributed by atoms with Crippen LogP contribution in [0.4, 0.5) is 5.82 Å². The molecule has 2 aromatic rings. The molecule has 1 aliphatic carbocycles. The van der Waals surface area contributed by atoms with Crippen LogP contribution in [-0.2, 0) is 12.8 Å². The largest absolute Gasteiger partial charge is 0.472 e. The van der Waals surface area contributed by atoms with Gasteiger partial charge in [0.1, 0.15) is 12.1 Å². The van der Waals surface area contributed by atoms with Crippen LogP contribution < -0.4 is 5.32 Å². The maximum atomic E-state index is 5.06. The Bertz CT molecular complexity index is 505. The fourth-order valence-corrected chi connectivity index (χ4v) is 2.16. The van der Waals surface area contributed by atoms with E-state index >= 15 is 0 Å². The first-order valence-electron chi connectivity index (χ1n) is 5.48. The molecule has 0 atom stereocenters. The van der Waals surface area contributed by atoms with E-state index < -0.39 is 0 Å². The number of hydrogen-bond acceptors (Lipinski definition) is 4. The van der Waals surface area contributed by atoms with E-state index in [0.717, 1.165) is 30.0 Å². The van der Waals surface area contributed by atoms with Crippen molar-refractivity contribution in [1.29, 1.82) is 0 Å². The number of aryl methyl sites for hydroxylation is 1. The fourth-order valence-electron chi connectivity index (χ4n) is 2.16. The predicted molar refractivity (Wildman–Crippen MR) is 61.3 cm³/mol. The molecule has 1 N–H and O–H groups in total. The molecule has 0 bridgehead atoms. The number of fused-ring (bicyclic) bond motifs is 1. The molecule has 0 fully saturated rings. The summed E-state index contributed by atoms with van der Waals surface area (Å²) in [6, 6.07) is 1.89. The maximum absolute atomic E-state index is 5.06. The van der Waals surface area contributed by atoms with Crippen LogP contribution in [-0.4, -0.2) is 17.0 Å². The first-order valence-corrected chi connectivity index (χ1v) is 5.48. The highest BCUT2D eigenvalue weighted by Crippen LogP contribution is 2.28. The SMILES string of the molecule is CNc1nc(-c2ccoc2)nc2c1CCC2. The van der Waals surface area contributed by atoms with Gasteiger partial charge in [0.15, 0.2) is 5.82 Å². The van der Waals surface area contributed by atoms with E-state index in [1.807, 2.05) is 13.1 Å². The second-order valence-corrected chi connectivity index (χ2v) is 3.94. The third-order valence-corrected chi connectivity index (χ3v) is 2.95. The molecule has 2 heterocycles. The summed E-state index contributed by atoms with van der Waals surface area (Å²) in [6.45, 7) is 0. The van der Waals surface area contributed by atoms with Gasteiger partial charge >= 0.3 is 0 Å². The summed E-state index contributed by atoms with van der Waals surface area (Å²) in [5.41, 5.74) is 3.39. The number of nitrogens with zero attached hydrogens (tertiary/aromatic N) is 2. The van der Waals surface area contributed by atoms with E-state index in [9.17, 15) is 0 Å². The standard InChI is InChI=1S/C12H13N3O/c1-13-12-9-3-2-4-10(9)14-11(15-12)8-5-6-16-7-8/h5-7H,2-4H2,1H3,(H,13,14,15). The lowest BCUT2D eigenvalue weighted by molar-refractivity contribution is 0.568. The summed E-state index contributed by atoms with van der Waals surface area (Å²) in [6.07, 6.45) is 6.63. The van der Waals surface area contributed by atoms with E-state index in [-0.39, 0.29) is 0 Å². The number of aromatic nitrogens is 2. The van der Waals surface area contributed by atoms with Crippen LogP contribution in [0.1, 0.15) is 17.7 Å². The van der Waals surface area contributed by atoms with Crippen LogP contribution in [0.3, 0.4) is 0 Å². The molecule has 0 radical (unpaired) electrons. The van der Waals surface area contributed by atoms with Crippen LogP contribution in [0.25, 0.3) is 11.4 Å². The summed E-state index contributed by atoms with van der Waals surface area (Å²) >= 11 is 0. The van der Waals surface area contributed by atoms with Crippen LogP contribution in [0.2, 0.25) is 0 Å². The van der Waals surface area contributed by atoms with Gasteiger partial charge < -0.3 is 9.73 Å². The predicted octanol–water partition coefficient (Wildman–Crippen LogP) is 2.27. The third-order valence-electron chi connectivity index (χ3n) is 2.95. The van der Waals surface area contributed by atoms with Crippen molar-refractivity contribution in [2.45, 2.75) is 19.3 Å². The van der Waals surface area contributed by atoms with Crippen molar-refractivity contribution in [1.82, 2.24) is 9.97 Å². The molecule has 2 aromatic heterocycles. The van der Waals surface area contributed by atoms with Crippen molar-refractivity contribution < 1.29 is 4.42 Å². The van der Waals surface area contributed by atoms with Gasteiger partial charge in [-0.1, -0.05) is 0 Å². The topological polar surface area (TPSA) is 51.0 Å². The zero-order valence-corrected chi connectivity index (χ0v) is 9.16. The molecule has 16 heavy (non-hydrogen) atoms. The second kappa shape index (κ2) is 3.63. The number of rotatable bonds is 2. The molecule has 0 aliphatic heterocycles. The molecule has 0 spiro atoms. The second-order valence-electron chi connectivity index (χ2n) is 3.94. The van der Waals surface area contributed by atoms with Crippen LogP contribution >= 0.6 is 0 Å². The Labute approximate surface area is 93.7 Å². The maximum Gasteiger partial charge on any atom is 0.165 e. The van der Waals surface area contributed by atoms with E-state index in [4.69, 9.17) is 4.42 Å². The molecule has 4 nitrogen and oxygen atoms in total. The molecule has 0 aromatic carbocycles. The molecule has 82 valence electrons. The minimum Gasteiger partial charge on any atom is -0.472 e. The normalized spacial score (nSPS) is 13.8. The lowest BCUT2D eigenvalue weighted by Gasteiger charge is -2.08. The van der Waals surface area contributed by atoms with Crippen molar-refractivity contribution in [2.75, 3.05) is 12.4 Å². The number of furan rings is 1. The molecule has 0 saturated heterocycles. The monoisotopic (exact) mass is 215 g/mol. The van der Waals surface area contributed by atoms with Crippen molar-refractivity contribution in [3.8, 4) is 11.4 Å². The zero-order chi connectivity index (χ0) is 11.0. The molecule has 0 saturated carbocycles. The Balaban J connectivity index is 2.15. The highest BCUT2D eigenvalue weighted by molar-refractivity contribution is 5.59. The lowest BCUT2D eigenvalue weighted by atomic mass is 10.2. The number of nitrogens with one attached hydrogen (secondary N) is 1. The van der Waals surface area contributed by atoms with Crippen molar-refractivity contribution in [3.05, 3.63) is 29.9 Å². The average molecular weight is 215 g/mol. The summed E-state index contributed by atoms with van der Waals surface area (Å²) in [5, 5.41) is 3.15.